The first kappa shape index (κ1) is 12.4. The lowest BCUT2D eigenvalue weighted by atomic mass is 9.99. The smallest absolute Gasteiger partial charge is 0.0737 e. The zero-order valence-corrected chi connectivity index (χ0v) is 11.3. The molecule has 0 radical (unpaired) electrons. The standard InChI is InChI=1S/C15H23NO/c1-11(2)12-5-7-13(8-6-12)16-10-14(17)9-15(16,3)4/h5-8,11,14,17H,9-10H2,1-4H3. The van der Waals surface area contributed by atoms with Crippen LogP contribution in [-0.2, 0) is 0 Å². The molecule has 1 N–H and O–H groups in total. The van der Waals surface area contributed by atoms with Crippen LogP contribution in [0.15, 0.2) is 24.3 Å². The van der Waals surface area contributed by atoms with E-state index in [0.29, 0.717) is 5.92 Å². The molecule has 1 aromatic carbocycles. The van der Waals surface area contributed by atoms with E-state index in [1.54, 1.807) is 0 Å². The average Bonchev–Trinajstić information content (AvgIpc) is 2.52. The van der Waals surface area contributed by atoms with Crippen molar-refractivity contribution in [1.82, 2.24) is 0 Å². The zero-order chi connectivity index (χ0) is 12.6. The predicted octanol–water partition coefficient (Wildman–Crippen LogP) is 3.16. The van der Waals surface area contributed by atoms with Gasteiger partial charge < -0.3 is 10.0 Å². The molecule has 1 heterocycles. The molecule has 1 fully saturated rings. The van der Waals surface area contributed by atoms with Crippen molar-refractivity contribution in [3.8, 4) is 0 Å². The van der Waals surface area contributed by atoms with Crippen LogP contribution in [0.5, 0.6) is 0 Å². The molecule has 0 amide bonds. The first-order valence-electron chi connectivity index (χ1n) is 6.46. The van der Waals surface area contributed by atoms with Crippen molar-refractivity contribution in [3.63, 3.8) is 0 Å². The van der Waals surface area contributed by atoms with Gasteiger partial charge in [-0.25, -0.2) is 0 Å². The Morgan fingerprint density at radius 2 is 1.82 bits per heavy atom. The minimum absolute atomic E-state index is 0.0543. The number of hydrogen-bond acceptors (Lipinski definition) is 2. The summed E-state index contributed by atoms with van der Waals surface area (Å²) in [7, 11) is 0. The van der Waals surface area contributed by atoms with E-state index in [2.05, 4.69) is 56.9 Å². The maximum absolute atomic E-state index is 9.80. The Hall–Kier alpha value is -1.02. The summed E-state index contributed by atoms with van der Waals surface area (Å²) >= 11 is 0. The van der Waals surface area contributed by atoms with Crippen LogP contribution in [0.1, 0.15) is 45.6 Å². The molecule has 1 atom stereocenters. The van der Waals surface area contributed by atoms with Crippen LogP contribution in [0.4, 0.5) is 5.69 Å². The van der Waals surface area contributed by atoms with Crippen molar-refractivity contribution >= 4 is 5.69 Å². The molecule has 94 valence electrons. The second-order valence-electron chi connectivity index (χ2n) is 6.03. The monoisotopic (exact) mass is 233 g/mol. The lowest BCUT2D eigenvalue weighted by Crippen LogP contribution is -2.38. The van der Waals surface area contributed by atoms with Crippen molar-refractivity contribution in [2.75, 3.05) is 11.4 Å². The lowest BCUT2D eigenvalue weighted by Gasteiger charge is -2.33. The van der Waals surface area contributed by atoms with E-state index in [1.165, 1.54) is 11.3 Å². The van der Waals surface area contributed by atoms with E-state index in [0.717, 1.165) is 13.0 Å². The van der Waals surface area contributed by atoms with Crippen molar-refractivity contribution in [2.45, 2.75) is 51.7 Å². The Morgan fingerprint density at radius 3 is 2.24 bits per heavy atom. The van der Waals surface area contributed by atoms with Gasteiger partial charge in [-0.15, -0.1) is 0 Å². The average molecular weight is 233 g/mol. The topological polar surface area (TPSA) is 23.5 Å². The molecule has 0 spiro atoms. The van der Waals surface area contributed by atoms with E-state index in [4.69, 9.17) is 0 Å². The summed E-state index contributed by atoms with van der Waals surface area (Å²) < 4.78 is 0. The lowest BCUT2D eigenvalue weighted by molar-refractivity contribution is 0.188. The molecule has 1 aliphatic rings. The predicted molar refractivity (Wildman–Crippen MR) is 72.6 cm³/mol. The fourth-order valence-electron chi connectivity index (χ4n) is 2.70. The molecule has 2 heteroatoms. The Balaban J connectivity index is 2.23. The van der Waals surface area contributed by atoms with E-state index in [9.17, 15) is 5.11 Å². The van der Waals surface area contributed by atoms with Gasteiger partial charge in [0.25, 0.3) is 0 Å². The van der Waals surface area contributed by atoms with Crippen molar-refractivity contribution in [3.05, 3.63) is 29.8 Å². The first-order valence-corrected chi connectivity index (χ1v) is 6.46. The van der Waals surface area contributed by atoms with Gasteiger partial charge in [0, 0.05) is 17.8 Å². The van der Waals surface area contributed by atoms with Crippen LogP contribution >= 0.6 is 0 Å². The van der Waals surface area contributed by atoms with Gasteiger partial charge in [0.15, 0.2) is 0 Å². The highest BCUT2D eigenvalue weighted by Crippen LogP contribution is 2.34. The molecule has 1 unspecified atom stereocenters. The third-order valence-corrected chi connectivity index (χ3v) is 3.73. The highest BCUT2D eigenvalue weighted by Gasteiger charge is 2.37. The van der Waals surface area contributed by atoms with Crippen LogP contribution < -0.4 is 4.90 Å². The second-order valence-corrected chi connectivity index (χ2v) is 6.03. The molecule has 1 aromatic rings. The van der Waals surface area contributed by atoms with Crippen LogP contribution in [-0.4, -0.2) is 23.3 Å². The number of hydrogen-bond donors (Lipinski definition) is 1. The van der Waals surface area contributed by atoms with Gasteiger partial charge in [0.2, 0.25) is 0 Å². The molecule has 0 bridgehead atoms. The first-order chi connectivity index (χ1) is 7.90. The van der Waals surface area contributed by atoms with Crippen molar-refractivity contribution < 1.29 is 5.11 Å². The molecule has 0 aliphatic carbocycles. The number of benzene rings is 1. The second kappa shape index (κ2) is 4.34. The van der Waals surface area contributed by atoms with Gasteiger partial charge in [-0.2, -0.15) is 0 Å². The van der Waals surface area contributed by atoms with E-state index in [-0.39, 0.29) is 11.6 Å². The van der Waals surface area contributed by atoms with Crippen LogP contribution in [0, 0.1) is 0 Å². The Morgan fingerprint density at radius 1 is 1.24 bits per heavy atom. The van der Waals surface area contributed by atoms with E-state index < -0.39 is 0 Å². The summed E-state index contributed by atoms with van der Waals surface area (Å²) in [6.45, 7) is 9.55. The fourth-order valence-corrected chi connectivity index (χ4v) is 2.70. The molecule has 1 saturated heterocycles. The molecular formula is C15H23NO. The number of β-amino-alcohol motifs (C(OH)–C–C–N with tert-alkyl or cyclic N) is 1. The fraction of sp³-hybridized carbons (Fsp3) is 0.600. The van der Waals surface area contributed by atoms with Gasteiger partial charge in [-0.05, 0) is 43.9 Å². The maximum atomic E-state index is 9.80. The quantitative estimate of drug-likeness (QED) is 0.848. The molecular weight excluding hydrogens is 210 g/mol. The SMILES string of the molecule is CC(C)c1ccc(N2CC(O)CC2(C)C)cc1. The summed E-state index contributed by atoms with van der Waals surface area (Å²) in [6, 6.07) is 8.74. The number of aliphatic hydroxyl groups excluding tert-OH is 1. The van der Waals surface area contributed by atoms with Gasteiger partial charge >= 0.3 is 0 Å². The third-order valence-electron chi connectivity index (χ3n) is 3.73. The minimum atomic E-state index is -0.199. The van der Waals surface area contributed by atoms with Gasteiger partial charge in [0.05, 0.1) is 6.10 Å². The van der Waals surface area contributed by atoms with Crippen molar-refractivity contribution in [1.29, 1.82) is 0 Å². The number of nitrogens with zero attached hydrogens (tertiary/aromatic N) is 1. The number of rotatable bonds is 2. The normalized spacial score (nSPS) is 23.4. The number of anilines is 1. The molecule has 2 rings (SSSR count). The van der Waals surface area contributed by atoms with Crippen LogP contribution in [0.25, 0.3) is 0 Å². The third kappa shape index (κ3) is 2.47. The highest BCUT2D eigenvalue weighted by atomic mass is 16.3. The van der Waals surface area contributed by atoms with E-state index >= 15 is 0 Å². The summed E-state index contributed by atoms with van der Waals surface area (Å²) in [5.74, 6) is 0.571. The van der Waals surface area contributed by atoms with Crippen molar-refractivity contribution in [2.24, 2.45) is 0 Å². The summed E-state index contributed by atoms with van der Waals surface area (Å²) in [5.41, 5.74) is 2.64. The molecule has 17 heavy (non-hydrogen) atoms. The summed E-state index contributed by atoms with van der Waals surface area (Å²) in [5, 5.41) is 9.80. The molecule has 2 nitrogen and oxygen atoms in total. The highest BCUT2D eigenvalue weighted by molar-refractivity contribution is 5.51. The summed E-state index contributed by atoms with van der Waals surface area (Å²) in [4.78, 5) is 2.31. The van der Waals surface area contributed by atoms with Gasteiger partial charge in [-0.1, -0.05) is 26.0 Å². The molecule has 0 aromatic heterocycles. The van der Waals surface area contributed by atoms with E-state index in [1.807, 2.05) is 0 Å². The Kier molecular flexibility index (Phi) is 3.17. The minimum Gasteiger partial charge on any atom is -0.391 e. The Labute approximate surface area is 104 Å². The Bertz CT molecular complexity index is 380. The summed E-state index contributed by atoms with van der Waals surface area (Å²) in [6.07, 6.45) is 0.647. The molecule has 1 aliphatic heterocycles. The van der Waals surface area contributed by atoms with Crippen LogP contribution in [0.3, 0.4) is 0 Å². The maximum Gasteiger partial charge on any atom is 0.0737 e. The van der Waals surface area contributed by atoms with Gasteiger partial charge in [0.1, 0.15) is 0 Å². The number of aliphatic hydroxyl groups is 1. The zero-order valence-electron chi connectivity index (χ0n) is 11.3. The molecule has 0 saturated carbocycles. The van der Waals surface area contributed by atoms with Gasteiger partial charge in [-0.3, -0.25) is 0 Å². The largest absolute Gasteiger partial charge is 0.391 e. The van der Waals surface area contributed by atoms with Crippen LogP contribution in [0.2, 0.25) is 0 Å².